The molecule has 0 fully saturated rings. The van der Waals surface area contributed by atoms with Gasteiger partial charge >= 0.3 is 0 Å². The molecule has 0 aliphatic rings. The second kappa shape index (κ2) is 6.74. The van der Waals surface area contributed by atoms with Gasteiger partial charge in [-0.25, -0.2) is 0 Å². The molecule has 4 nitrogen and oxygen atoms in total. The van der Waals surface area contributed by atoms with E-state index in [-0.39, 0.29) is 0 Å². The fraction of sp³-hybridized carbons (Fsp3) is 0.312. The van der Waals surface area contributed by atoms with Gasteiger partial charge in [0.2, 0.25) is 0 Å². The Morgan fingerprint density at radius 1 is 1.33 bits per heavy atom. The van der Waals surface area contributed by atoms with Crippen LogP contribution in [0.25, 0.3) is 0 Å². The van der Waals surface area contributed by atoms with Gasteiger partial charge in [0, 0.05) is 18.7 Å². The van der Waals surface area contributed by atoms with Crippen LogP contribution in [0.2, 0.25) is 0 Å². The van der Waals surface area contributed by atoms with E-state index in [1.165, 1.54) is 5.56 Å². The van der Waals surface area contributed by atoms with Crippen molar-refractivity contribution in [2.75, 3.05) is 14.2 Å². The summed E-state index contributed by atoms with van der Waals surface area (Å²) < 4.78 is 10.7. The molecule has 0 aliphatic carbocycles. The van der Waals surface area contributed by atoms with E-state index >= 15 is 0 Å². The molecule has 0 radical (unpaired) electrons. The second-order valence-electron chi connectivity index (χ2n) is 5.07. The minimum absolute atomic E-state index is 0.348. The highest BCUT2D eigenvalue weighted by molar-refractivity contribution is 7.80. The van der Waals surface area contributed by atoms with Gasteiger partial charge in [0.1, 0.15) is 16.5 Å². The summed E-state index contributed by atoms with van der Waals surface area (Å²) in [6.07, 6.45) is 1.72. The van der Waals surface area contributed by atoms with E-state index in [2.05, 4.69) is 11.9 Å². The number of methoxy groups -OCH3 is 1. The summed E-state index contributed by atoms with van der Waals surface area (Å²) in [5.41, 5.74) is 8.79. The molecule has 0 aliphatic heterocycles. The Morgan fingerprint density at radius 2 is 2.10 bits per heavy atom. The van der Waals surface area contributed by atoms with Crippen LogP contribution in [-0.2, 0) is 13.1 Å². The Bertz CT molecular complexity index is 637. The summed E-state index contributed by atoms with van der Waals surface area (Å²) in [6.45, 7) is 3.61. The van der Waals surface area contributed by atoms with E-state index in [0.29, 0.717) is 10.7 Å². The predicted molar refractivity (Wildman–Crippen MR) is 87.5 cm³/mol. The summed E-state index contributed by atoms with van der Waals surface area (Å²) in [5.74, 6) is 1.68. The number of hydrogen-bond donors (Lipinski definition) is 1. The molecule has 0 bridgehead atoms. The summed E-state index contributed by atoms with van der Waals surface area (Å²) >= 11 is 5.02. The normalized spacial score (nSPS) is 10.9. The minimum Gasteiger partial charge on any atom is -0.496 e. The molecule has 5 heteroatoms. The quantitative estimate of drug-likeness (QED) is 0.832. The maximum absolute atomic E-state index is 5.68. The smallest absolute Gasteiger partial charge is 0.129 e. The van der Waals surface area contributed by atoms with E-state index < -0.39 is 0 Å². The first-order valence-electron chi connectivity index (χ1n) is 6.69. The minimum atomic E-state index is 0.348. The van der Waals surface area contributed by atoms with Crippen LogP contribution in [0.15, 0.2) is 34.9 Å². The number of nitrogens with zero attached hydrogens (tertiary/aromatic N) is 1. The Balaban J connectivity index is 2.09. The topological polar surface area (TPSA) is 51.6 Å². The van der Waals surface area contributed by atoms with Crippen molar-refractivity contribution in [1.29, 1.82) is 0 Å². The zero-order chi connectivity index (χ0) is 15.4. The van der Waals surface area contributed by atoms with Crippen molar-refractivity contribution in [2.45, 2.75) is 20.0 Å². The van der Waals surface area contributed by atoms with Crippen molar-refractivity contribution in [3.05, 3.63) is 53.0 Å². The predicted octanol–water partition coefficient (Wildman–Crippen LogP) is 2.86. The van der Waals surface area contributed by atoms with Gasteiger partial charge in [-0.05, 0) is 37.7 Å². The van der Waals surface area contributed by atoms with Gasteiger partial charge < -0.3 is 14.9 Å². The molecular weight excluding hydrogens is 284 g/mol. The molecule has 1 aromatic heterocycles. The third-order valence-electron chi connectivity index (χ3n) is 3.39. The number of benzene rings is 1. The van der Waals surface area contributed by atoms with E-state index in [0.717, 1.165) is 30.0 Å². The Kier molecular flexibility index (Phi) is 4.98. The first-order chi connectivity index (χ1) is 10.0. The van der Waals surface area contributed by atoms with E-state index in [9.17, 15) is 0 Å². The molecule has 0 unspecified atom stereocenters. The van der Waals surface area contributed by atoms with Crippen LogP contribution in [0, 0.1) is 6.92 Å². The van der Waals surface area contributed by atoms with Crippen LogP contribution in [0.1, 0.15) is 22.5 Å². The summed E-state index contributed by atoms with van der Waals surface area (Å²) in [5, 5.41) is 0. The van der Waals surface area contributed by atoms with Crippen LogP contribution < -0.4 is 10.5 Å². The molecule has 1 aromatic carbocycles. The first kappa shape index (κ1) is 15.5. The lowest BCUT2D eigenvalue weighted by atomic mass is 10.1. The maximum Gasteiger partial charge on any atom is 0.129 e. The Morgan fingerprint density at radius 3 is 2.67 bits per heavy atom. The molecule has 0 saturated heterocycles. The highest BCUT2D eigenvalue weighted by Gasteiger charge is 2.10. The lowest BCUT2D eigenvalue weighted by molar-refractivity contribution is 0.315. The molecule has 1 heterocycles. The molecule has 112 valence electrons. The number of furan rings is 1. The van der Waals surface area contributed by atoms with Gasteiger partial charge in [-0.2, -0.15) is 0 Å². The summed E-state index contributed by atoms with van der Waals surface area (Å²) in [6, 6.07) is 7.92. The molecular formula is C16H20N2O2S. The number of nitrogens with two attached hydrogens (primary N) is 1. The van der Waals surface area contributed by atoms with Gasteiger partial charge in [0.15, 0.2) is 0 Å². The lowest BCUT2D eigenvalue weighted by Crippen LogP contribution is -2.18. The third kappa shape index (κ3) is 3.83. The van der Waals surface area contributed by atoms with Crippen molar-refractivity contribution in [1.82, 2.24) is 4.90 Å². The van der Waals surface area contributed by atoms with E-state index in [4.69, 9.17) is 27.1 Å². The highest BCUT2D eigenvalue weighted by atomic mass is 32.1. The fourth-order valence-electron chi connectivity index (χ4n) is 2.27. The molecule has 2 N–H and O–H groups in total. The van der Waals surface area contributed by atoms with E-state index in [1.54, 1.807) is 13.4 Å². The van der Waals surface area contributed by atoms with Crippen LogP contribution >= 0.6 is 12.2 Å². The van der Waals surface area contributed by atoms with Gasteiger partial charge in [-0.3, -0.25) is 4.90 Å². The first-order valence-corrected chi connectivity index (χ1v) is 7.10. The third-order valence-corrected chi connectivity index (χ3v) is 3.61. The van der Waals surface area contributed by atoms with Crippen LogP contribution in [-0.4, -0.2) is 24.0 Å². The van der Waals surface area contributed by atoms with Crippen molar-refractivity contribution in [3.8, 4) is 5.75 Å². The van der Waals surface area contributed by atoms with E-state index in [1.807, 2.05) is 31.2 Å². The number of rotatable bonds is 6. The average Bonchev–Trinajstić information content (AvgIpc) is 2.83. The molecule has 2 aromatic rings. The van der Waals surface area contributed by atoms with Gasteiger partial charge in [-0.15, -0.1) is 0 Å². The largest absolute Gasteiger partial charge is 0.496 e. The van der Waals surface area contributed by atoms with Crippen molar-refractivity contribution < 1.29 is 9.15 Å². The van der Waals surface area contributed by atoms with Crippen molar-refractivity contribution in [3.63, 3.8) is 0 Å². The second-order valence-corrected chi connectivity index (χ2v) is 5.51. The Hall–Kier alpha value is -1.85. The van der Waals surface area contributed by atoms with Gasteiger partial charge in [-0.1, -0.05) is 18.3 Å². The highest BCUT2D eigenvalue weighted by Crippen LogP contribution is 2.21. The molecule has 21 heavy (non-hydrogen) atoms. The maximum atomic E-state index is 5.68. The standard InChI is InChI=1S/C16H20N2O2S/c1-11-13(6-7-20-11)10-18(2)9-12-4-5-14(16(17)21)15(8-12)19-3/h4-8H,9-10H2,1-3H3,(H2,17,21). The number of thiocarbonyl (C=S) groups is 1. The average molecular weight is 304 g/mol. The van der Waals surface area contributed by atoms with Gasteiger partial charge in [0.05, 0.1) is 18.9 Å². The van der Waals surface area contributed by atoms with Crippen molar-refractivity contribution >= 4 is 17.2 Å². The number of hydrogen-bond acceptors (Lipinski definition) is 4. The lowest BCUT2D eigenvalue weighted by Gasteiger charge is -2.17. The van der Waals surface area contributed by atoms with Crippen LogP contribution in [0.5, 0.6) is 5.75 Å². The monoisotopic (exact) mass is 304 g/mol. The van der Waals surface area contributed by atoms with Gasteiger partial charge in [0.25, 0.3) is 0 Å². The molecule has 0 amide bonds. The molecule has 0 saturated carbocycles. The van der Waals surface area contributed by atoms with Crippen molar-refractivity contribution in [2.24, 2.45) is 5.73 Å². The van der Waals surface area contributed by atoms with Crippen LogP contribution in [0.4, 0.5) is 0 Å². The SMILES string of the molecule is COc1cc(CN(C)Cc2ccoc2C)ccc1C(N)=S. The molecule has 0 atom stereocenters. The Labute approximate surface area is 130 Å². The summed E-state index contributed by atoms with van der Waals surface area (Å²) in [7, 11) is 3.69. The zero-order valence-electron chi connectivity index (χ0n) is 12.6. The zero-order valence-corrected chi connectivity index (χ0v) is 13.4. The number of ether oxygens (including phenoxy) is 1. The molecule has 0 spiro atoms. The molecule has 2 rings (SSSR count). The summed E-state index contributed by atoms with van der Waals surface area (Å²) in [4.78, 5) is 2.56. The number of aryl methyl sites for hydroxylation is 1. The fourth-order valence-corrected chi connectivity index (χ4v) is 2.44. The van der Waals surface area contributed by atoms with Crippen LogP contribution in [0.3, 0.4) is 0 Å².